The predicted molar refractivity (Wildman–Crippen MR) is 106 cm³/mol. The van der Waals surface area contributed by atoms with Crippen LogP contribution in [0.25, 0.3) is 0 Å². The van der Waals surface area contributed by atoms with Gasteiger partial charge in [0.05, 0.1) is 0 Å². The normalized spacial score (nSPS) is 23.5. The summed E-state index contributed by atoms with van der Waals surface area (Å²) in [6, 6.07) is 0. The van der Waals surface area contributed by atoms with E-state index in [1.54, 1.807) is 0 Å². The quantitative estimate of drug-likeness (QED) is 0.327. The second-order valence-electron chi connectivity index (χ2n) is 7.69. The van der Waals surface area contributed by atoms with Crippen molar-refractivity contribution in [2.75, 3.05) is 46.3 Å². The van der Waals surface area contributed by atoms with Gasteiger partial charge in [-0.2, -0.15) is 0 Å². The Balaban J connectivity index is 0.00000242. The first-order valence-electron chi connectivity index (χ1n) is 8.68. The lowest BCUT2D eigenvalue weighted by Crippen LogP contribution is -2.42. The number of halogens is 1. The molecule has 2 aliphatic heterocycles. The maximum Gasteiger partial charge on any atom is 0.193 e. The van der Waals surface area contributed by atoms with E-state index in [-0.39, 0.29) is 24.0 Å². The van der Waals surface area contributed by atoms with Gasteiger partial charge in [0.15, 0.2) is 5.96 Å². The van der Waals surface area contributed by atoms with Crippen LogP contribution in [0.2, 0.25) is 0 Å². The van der Waals surface area contributed by atoms with Crippen molar-refractivity contribution in [3.8, 4) is 0 Å². The Kier molecular flexibility index (Phi) is 8.46. The van der Waals surface area contributed by atoms with Gasteiger partial charge in [0.25, 0.3) is 0 Å². The van der Waals surface area contributed by atoms with Crippen molar-refractivity contribution in [1.29, 1.82) is 0 Å². The molecule has 0 aromatic rings. The fourth-order valence-electron chi connectivity index (χ4n) is 3.41. The maximum absolute atomic E-state index is 4.45. The summed E-state index contributed by atoms with van der Waals surface area (Å²) in [5, 5.41) is 3.55. The molecule has 0 aliphatic carbocycles. The Labute approximate surface area is 154 Å². The molecular weight excluding hydrogens is 387 g/mol. The summed E-state index contributed by atoms with van der Waals surface area (Å²) < 4.78 is 0. The molecule has 0 atom stereocenters. The molecule has 0 unspecified atom stereocenters. The molecule has 2 heterocycles. The highest BCUT2D eigenvalue weighted by molar-refractivity contribution is 14.0. The lowest BCUT2D eigenvalue weighted by Gasteiger charge is -2.30. The second kappa shape index (κ2) is 9.30. The Morgan fingerprint density at radius 1 is 1.23 bits per heavy atom. The van der Waals surface area contributed by atoms with Crippen molar-refractivity contribution >= 4 is 29.9 Å². The summed E-state index contributed by atoms with van der Waals surface area (Å²) in [6.07, 6.45) is 5.22. The first kappa shape index (κ1) is 20.0. The number of nitrogens with zero attached hydrogens (tertiary/aromatic N) is 3. The fraction of sp³-hybridized carbons (Fsp3) is 0.941. The van der Waals surface area contributed by atoms with Crippen LogP contribution in [0.5, 0.6) is 0 Å². The van der Waals surface area contributed by atoms with Gasteiger partial charge in [-0.1, -0.05) is 20.8 Å². The molecule has 0 aromatic carbocycles. The SMILES string of the molecule is CN=C(NCCCN1CCC(C)CC1)N1CCC(C)(C)C1.I. The number of rotatable bonds is 4. The lowest BCUT2D eigenvalue weighted by molar-refractivity contribution is 0.191. The van der Waals surface area contributed by atoms with Crippen molar-refractivity contribution in [2.24, 2.45) is 16.3 Å². The Bertz CT molecular complexity index is 349. The van der Waals surface area contributed by atoms with E-state index >= 15 is 0 Å². The Morgan fingerprint density at radius 2 is 1.91 bits per heavy atom. The van der Waals surface area contributed by atoms with Crippen LogP contribution in [-0.2, 0) is 0 Å². The summed E-state index contributed by atoms with van der Waals surface area (Å²) in [5.74, 6) is 2.02. The van der Waals surface area contributed by atoms with Crippen molar-refractivity contribution in [2.45, 2.75) is 46.5 Å². The lowest BCUT2D eigenvalue weighted by atomic mass is 9.93. The molecule has 0 saturated carbocycles. The number of guanidine groups is 1. The van der Waals surface area contributed by atoms with E-state index in [0.29, 0.717) is 5.41 Å². The van der Waals surface area contributed by atoms with Crippen molar-refractivity contribution in [3.05, 3.63) is 0 Å². The third kappa shape index (κ3) is 6.22. The standard InChI is InChI=1S/C17H34N4.HI/c1-15-6-11-20(12-7-15)10-5-9-19-16(18-4)21-13-8-17(2,3)14-21;/h15H,5-14H2,1-4H3,(H,18,19);1H. The van der Waals surface area contributed by atoms with E-state index in [0.717, 1.165) is 31.5 Å². The highest BCUT2D eigenvalue weighted by Gasteiger charge is 2.30. The summed E-state index contributed by atoms with van der Waals surface area (Å²) in [6.45, 7) is 14.2. The molecule has 0 aromatic heterocycles. The molecule has 5 heteroatoms. The number of likely N-dealkylation sites (tertiary alicyclic amines) is 2. The third-order valence-corrected chi connectivity index (χ3v) is 5.00. The van der Waals surface area contributed by atoms with Crippen LogP contribution in [0.4, 0.5) is 0 Å². The second-order valence-corrected chi connectivity index (χ2v) is 7.69. The van der Waals surface area contributed by atoms with Crippen LogP contribution in [0, 0.1) is 11.3 Å². The van der Waals surface area contributed by atoms with E-state index in [9.17, 15) is 0 Å². The molecule has 4 nitrogen and oxygen atoms in total. The molecule has 0 spiro atoms. The topological polar surface area (TPSA) is 30.9 Å². The predicted octanol–water partition coefficient (Wildman–Crippen LogP) is 3.03. The van der Waals surface area contributed by atoms with E-state index in [2.05, 4.69) is 40.9 Å². The molecule has 1 N–H and O–H groups in total. The average molecular weight is 422 g/mol. The zero-order valence-electron chi connectivity index (χ0n) is 14.9. The molecule has 0 bridgehead atoms. The van der Waals surface area contributed by atoms with Crippen LogP contribution >= 0.6 is 24.0 Å². The molecule has 0 amide bonds. The third-order valence-electron chi connectivity index (χ3n) is 5.00. The Hall–Kier alpha value is -0.0400. The summed E-state index contributed by atoms with van der Waals surface area (Å²) in [5.41, 5.74) is 0.433. The van der Waals surface area contributed by atoms with Crippen LogP contribution in [0.3, 0.4) is 0 Å². The van der Waals surface area contributed by atoms with Crippen LogP contribution in [0.15, 0.2) is 4.99 Å². The zero-order chi connectivity index (χ0) is 15.3. The fourth-order valence-corrected chi connectivity index (χ4v) is 3.41. The van der Waals surface area contributed by atoms with Crippen LogP contribution in [0.1, 0.15) is 46.5 Å². The molecule has 2 fully saturated rings. The zero-order valence-corrected chi connectivity index (χ0v) is 17.2. The van der Waals surface area contributed by atoms with Gasteiger partial charge in [0.2, 0.25) is 0 Å². The smallest absolute Gasteiger partial charge is 0.193 e. The highest BCUT2D eigenvalue weighted by atomic mass is 127. The molecule has 130 valence electrons. The van der Waals surface area contributed by atoms with Crippen LogP contribution < -0.4 is 5.32 Å². The monoisotopic (exact) mass is 422 g/mol. The van der Waals surface area contributed by atoms with Gasteiger partial charge in [0.1, 0.15) is 0 Å². The van der Waals surface area contributed by atoms with Gasteiger partial charge >= 0.3 is 0 Å². The Morgan fingerprint density at radius 3 is 2.45 bits per heavy atom. The highest BCUT2D eigenvalue weighted by Crippen LogP contribution is 2.28. The summed E-state index contributed by atoms with van der Waals surface area (Å²) in [4.78, 5) is 9.47. The van der Waals surface area contributed by atoms with Gasteiger partial charge in [-0.05, 0) is 56.7 Å². The minimum Gasteiger partial charge on any atom is -0.356 e. The molecule has 0 radical (unpaired) electrons. The molecular formula is C17H35IN4. The molecule has 2 aliphatic rings. The van der Waals surface area contributed by atoms with E-state index in [1.807, 2.05) is 7.05 Å². The first-order chi connectivity index (χ1) is 10.00. The minimum absolute atomic E-state index is 0. The number of hydrogen-bond donors (Lipinski definition) is 1. The van der Waals surface area contributed by atoms with Gasteiger partial charge in [-0.25, -0.2) is 0 Å². The number of aliphatic imine (C=N–C) groups is 1. The van der Waals surface area contributed by atoms with Crippen molar-refractivity contribution in [3.63, 3.8) is 0 Å². The van der Waals surface area contributed by atoms with E-state index < -0.39 is 0 Å². The largest absolute Gasteiger partial charge is 0.356 e. The van der Waals surface area contributed by atoms with Gasteiger partial charge in [0, 0.05) is 26.7 Å². The number of nitrogens with one attached hydrogen (secondary N) is 1. The van der Waals surface area contributed by atoms with Gasteiger partial charge in [-0.15, -0.1) is 24.0 Å². The molecule has 22 heavy (non-hydrogen) atoms. The number of hydrogen-bond acceptors (Lipinski definition) is 2. The maximum atomic E-state index is 4.45. The average Bonchev–Trinajstić information content (AvgIpc) is 2.81. The van der Waals surface area contributed by atoms with Crippen LogP contribution in [-0.4, -0.2) is 62.1 Å². The number of piperidine rings is 1. The molecule has 2 rings (SSSR count). The van der Waals surface area contributed by atoms with E-state index in [1.165, 1.54) is 45.3 Å². The summed E-state index contributed by atoms with van der Waals surface area (Å²) in [7, 11) is 1.90. The van der Waals surface area contributed by atoms with Gasteiger partial charge in [-0.3, -0.25) is 4.99 Å². The minimum atomic E-state index is 0. The van der Waals surface area contributed by atoms with Gasteiger partial charge < -0.3 is 15.1 Å². The first-order valence-corrected chi connectivity index (χ1v) is 8.68. The molecule has 2 saturated heterocycles. The van der Waals surface area contributed by atoms with E-state index in [4.69, 9.17) is 0 Å². The van der Waals surface area contributed by atoms with Crippen molar-refractivity contribution in [1.82, 2.24) is 15.1 Å². The summed E-state index contributed by atoms with van der Waals surface area (Å²) >= 11 is 0. The van der Waals surface area contributed by atoms with Crippen molar-refractivity contribution < 1.29 is 0 Å².